The fraction of sp³-hybridized carbons (Fsp3) is 0.185. The molecule has 3 rings (SSSR count). The Hall–Kier alpha value is -4.66. The van der Waals surface area contributed by atoms with Gasteiger partial charge in [0.2, 0.25) is 0 Å². The minimum atomic E-state index is -0.936. The van der Waals surface area contributed by atoms with E-state index >= 15 is 0 Å². The van der Waals surface area contributed by atoms with Gasteiger partial charge in [0.1, 0.15) is 0 Å². The maximum absolute atomic E-state index is 12.4. The fourth-order valence-electron chi connectivity index (χ4n) is 3.21. The highest BCUT2D eigenvalue weighted by molar-refractivity contribution is 6.39. The number of amides is 3. The van der Waals surface area contributed by atoms with E-state index in [1.165, 1.54) is 13.3 Å². The molecule has 9 heteroatoms. The maximum atomic E-state index is 12.4. The van der Waals surface area contributed by atoms with E-state index < -0.39 is 11.8 Å². The summed E-state index contributed by atoms with van der Waals surface area (Å²) in [5.41, 5.74) is 5.86. The van der Waals surface area contributed by atoms with Crippen molar-refractivity contribution in [1.82, 2.24) is 5.43 Å². The molecule has 0 unspecified atom stereocenters. The summed E-state index contributed by atoms with van der Waals surface area (Å²) in [4.78, 5) is 36.7. The summed E-state index contributed by atoms with van der Waals surface area (Å²) in [6, 6.07) is 19.6. The predicted molar refractivity (Wildman–Crippen MR) is 138 cm³/mol. The first-order valence-corrected chi connectivity index (χ1v) is 11.3. The van der Waals surface area contributed by atoms with Crippen molar-refractivity contribution >= 4 is 35.3 Å². The van der Waals surface area contributed by atoms with E-state index in [9.17, 15) is 14.4 Å². The molecule has 0 heterocycles. The second-order valence-corrected chi connectivity index (χ2v) is 7.73. The number of para-hydroxylation sites is 2. The summed E-state index contributed by atoms with van der Waals surface area (Å²) in [7, 11) is 1.47. The van der Waals surface area contributed by atoms with Gasteiger partial charge >= 0.3 is 11.8 Å². The summed E-state index contributed by atoms with van der Waals surface area (Å²) in [6.07, 6.45) is 2.18. The molecule has 186 valence electrons. The van der Waals surface area contributed by atoms with Crippen LogP contribution >= 0.6 is 0 Å². The van der Waals surface area contributed by atoms with E-state index in [0.29, 0.717) is 22.7 Å². The molecule has 3 aromatic rings. The van der Waals surface area contributed by atoms with E-state index in [4.69, 9.17) is 9.47 Å². The molecular weight excluding hydrogens is 460 g/mol. The van der Waals surface area contributed by atoms with E-state index in [1.807, 2.05) is 44.2 Å². The molecule has 3 aromatic carbocycles. The van der Waals surface area contributed by atoms with Gasteiger partial charge < -0.3 is 20.1 Å². The molecule has 9 nitrogen and oxygen atoms in total. The number of anilines is 2. The lowest BCUT2D eigenvalue weighted by molar-refractivity contribution is -0.136. The van der Waals surface area contributed by atoms with Crippen LogP contribution in [0.5, 0.6) is 11.5 Å². The Morgan fingerprint density at radius 2 is 1.67 bits per heavy atom. The zero-order chi connectivity index (χ0) is 25.9. The van der Waals surface area contributed by atoms with Crippen LogP contribution in [0.15, 0.2) is 71.8 Å². The molecule has 0 aliphatic rings. The smallest absolute Gasteiger partial charge is 0.329 e. The zero-order valence-electron chi connectivity index (χ0n) is 20.3. The first kappa shape index (κ1) is 26.0. The van der Waals surface area contributed by atoms with E-state index in [2.05, 4.69) is 21.2 Å². The molecule has 0 aromatic heterocycles. The first-order valence-electron chi connectivity index (χ1n) is 11.3. The van der Waals surface area contributed by atoms with E-state index in [-0.39, 0.29) is 18.3 Å². The Morgan fingerprint density at radius 3 is 2.36 bits per heavy atom. The van der Waals surface area contributed by atoms with Gasteiger partial charge in [0.15, 0.2) is 18.1 Å². The summed E-state index contributed by atoms with van der Waals surface area (Å²) < 4.78 is 11.0. The van der Waals surface area contributed by atoms with Crippen LogP contribution in [0.2, 0.25) is 0 Å². The van der Waals surface area contributed by atoms with E-state index in [0.717, 1.165) is 17.5 Å². The number of benzene rings is 3. The van der Waals surface area contributed by atoms with Crippen molar-refractivity contribution in [2.24, 2.45) is 5.10 Å². The molecule has 0 atom stereocenters. The van der Waals surface area contributed by atoms with Gasteiger partial charge in [-0.25, -0.2) is 5.43 Å². The normalized spacial score (nSPS) is 10.5. The number of carbonyl (C=O) groups excluding carboxylic acids is 3. The van der Waals surface area contributed by atoms with Gasteiger partial charge in [0, 0.05) is 16.9 Å². The van der Waals surface area contributed by atoms with Crippen LogP contribution in [-0.2, 0) is 20.8 Å². The molecule has 0 aliphatic carbocycles. The molecule has 0 radical (unpaired) electrons. The number of carbonyl (C=O) groups is 3. The second-order valence-electron chi connectivity index (χ2n) is 7.73. The average Bonchev–Trinajstić information content (AvgIpc) is 2.89. The highest BCUT2D eigenvalue weighted by Gasteiger charge is 2.15. The first-order chi connectivity index (χ1) is 17.4. The minimum absolute atomic E-state index is 0.262. The Kier molecular flexibility index (Phi) is 9.16. The van der Waals surface area contributed by atoms with Crippen LogP contribution in [0, 0.1) is 6.92 Å². The maximum Gasteiger partial charge on any atom is 0.329 e. The number of rotatable bonds is 9. The molecule has 0 fully saturated rings. The van der Waals surface area contributed by atoms with Gasteiger partial charge in [-0.1, -0.05) is 43.3 Å². The molecule has 0 bridgehead atoms. The third-order valence-corrected chi connectivity index (χ3v) is 5.19. The molecule has 0 saturated carbocycles. The van der Waals surface area contributed by atoms with Gasteiger partial charge in [0.05, 0.1) is 13.3 Å². The second kappa shape index (κ2) is 12.7. The highest BCUT2D eigenvalue weighted by atomic mass is 16.5. The van der Waals surface area contributed by atoms with Crippen molar-refractivity contribution in [1.29, 1.82) is 0 Å². The van der Waals surface area contributed by atoms with Crippen LogP contribution in [-0.4, -0.2) is 37.7 Å². The summed E-state index contributed by atoms with van der Waals surface area (Å²) >= 11 is 0. The molecule has 0 saturated heterocycles. The molecule has 3 N–H and O–H groups in total. The van der Waals surface area contributed by atoms with Crippen molar-refractivity contribution in [3.05, 3.63) is 83.4 Å². The summed E-state index contributed by atoms with van der Waals surface area (Å²) in [5, 5.41) is 9.16. The van der Waals surface area contributed by atoms with Gasteiger partial charge in [-0.15, -0.1) is 0 Å². The average molecular weight is 489 g/mol. The third-order valence-electron chi connectivity index (χ3n) is 5.19. The topological polar surface area (TPSA) is 118 Å². The summed E-state index contributed by atoms with van der Waals surface area (Å²) in [5.74, 6) is -1.50. The molecule has 36 heavy (non-hydrogen) atoms. The van der Waals surface area contributed by atoms with E-state index in [1.54, 1.807) is 36.4 Å². The number of hydrogen-bond donors (Lipinski definition) is 3. The molecule has 0 spiro atoms. The quantitative estimate of drug-likeness (QED) is 0.241. The lowest BCUT2D eigenvalue weighted by atomic mass is 10.1. The molecule has 0 aliphatic heterocycles. The third kappa shape index (κ3) is 7.17. The van der Waals surface area contributed by atoms with Crippen LogP contribution in [0.25, 0.3) is 0 Å². The lowest BCUT2D eigenvalue weighted by Crippen LogP contribution is -2.32. The van der Waals surface area contributed by atoms with Crippen molar-refractivity contribution < 1.29 is 23.9 Å². The Bertz CT molecular complexity index is 1260. The fourth-order valence-corrected chi connectivity index (χ4v) is 3.21. The van der Waals surface area contributed by atoms with Crippen molar-refractivity contribution in [3.8, 4) is 11.5 Å². The van der Waals surface area contributed by atoms with Gasteiger partial charge in [-0.3, -0.25) is 14.4 Å². The Labute approximate surface area is 209 Å². The monoisotopic (exact) mass is 488 g/mol. The lowest BCUT2D eigenvalue weighted by Gasteiger charge is -2.13. The number of aryl methyl sites for hydroxylation is 2. The van der Waals surface area contributed by atoms with Crippen LogP contribution in [0.1, 0.15) is 23.6 Å². The Morgan fingerprint density at radius 1 is 0.917 bits per heavy atom. The molecular formula is C27H28N4O5. The molecule has 3 amide bonds. The Balaban J connectivity index is 1.61. The number of hydrogen-bond acceptors (Lipinski definition) is 6. The van der Waals surface area contributed by atoms with Crippen molar-refractivity contribution in [3.63, 3.8) is 0 Å². The summed E-state index contributed by atoms with van der Waals surface area (Å²) in [6.45, 7) is 3.64. The van der Waals surface area contributed by atoms with Gasteiger partial charge in [-0.05, 0) is 54.8 Å². The van der Waals surface area contributed by atoms with Crippen molar-refractivity contribution in [2.75, 3.05) is 24.4 Å². The van der Waals surface area contributed by atoms with Gasteiger partial charge in [0.25, 0.3) is 5.91 Å². The number of methoxy groups -OCH3 is 1. The largest absolute Gasteiger partial charge is 0.493 e. The highest BCUT2D eigenvalue weighted by Crippen LogP contribution is 2.30. The number of ether oxygens (including phenoxy) is 2. The van der Waals surface area contributed by atoms with Crippen LogP contribution in [0.3, 0.4) is 0 Å². The zero-order valence-corrected chi connectivity index (χ0v) is 20.3. The number of nitrogens with one attached hydrogen (secondary N) is 3. The standard InChI is InChI=1S/C27H28N4O5/c1-4-19-12-14-21(15-13-19)29-26(33)27(34)31-28-16-20-9-7-11-23(35-3)25(20)36-17-24(32)30-22-10-6-5-8-18(22)2/h5-16H,4,17H2,1-3H3,(H,29,33)(H,30,32)(H,31,34)/b28-16-. The minimum Gasteiger partial charge on any atom is -0.493 e. The van der Waals surface area contributed by atoms with Gasteiger partial charge in [-0.2, -0.15) is 5.10 Å². The SMILES string of the molecule is CCc1ccc(NC(=O)C(=O)N/N=C\c2cccc(OC)c2OCC(=O)Nc2ccccc2C)cc1. The number of hydrazone groups is 1. The van der Waals surface area contributed by atoms with Crippen molar-refractivity contribution in [2.45, 2.75) is 20.3 Å². The number of nitrogens with zero attached hydrogens (tertiary/aromatic N) is 1. The predicted octanol–water partition coefficient (Wildman–Crippen LogP) is 3.67. The van der Waals surface area contributed by atoms with Crippen LogP contribution < -0.4 is 25.5 Å². The van der Waals surface area contributed by atoms with Crippen LogP contribution in [0.4, 0.5) is 11.4 Å².